The van der Waals surface area contributed by atoms with E-state index in [1.807, 2.05) is 0 Å². The third kappa shape index (κ3) is 2.85. The maximum absolute atomic E-state index is 13.0. The van der Waals surface area contributed by atoms with Crippen molar-refractivity contribution in [2.24, 2.45) is 0 Å². The summed E-state index contributed by atoms with van der Waals surface area (Å²) in [6.07, 6.45) is 0. The summed E-state index contributed by atoms with van der Waals surface area (Å²) in [4.78, 5) is 11.9. The lowest BCUT2D eigenvalue weighted by Crippen LogP contribution is -2.24. The van der Waals surface area contributed by atoms with Gasteiger partial charge in [0.2, 0.25) is 0 Å². The van der Waals surface area contributed by atoms with Crippen LogP contribution in [0.3, 0.4) is 0 Å². The third-order valence-electron chi connectivity index (χ3n) is 2.64. The molecule has 0 aliphatic rings. The highest BCUT2D eigenvalue weighted by atomic mass is 35.5. The first-order chi connectivity index (χ1) is 8.99. The van der Waals surface area contributed by atoms with Crippen LogP contribution in [0.1, 0.15) is 21.6 Å². The maximum atomic E-state index is 13.0. The summed E-state index contributed by atoms with van der Waals surface area (Å²) in [5.41, 5.74) is 7.18. The maximum Gasteiger partial charge on any atom is 0.257 e. The van der Waals surface area contributed by atoms with Gasteiger partial charge in [0.25, 0.3) is 5.91 Å². The molecule has 0 bridgehead atoms. The van der Waals surface area contributed by atoms with E-state index >= 15 is 0 Å². The molecule has 1 heterocycles. The molecule has 2 rings (SSSR count). The Labute approximate surface area is 114 Å². The first kappa shape index (κ1) is 13.4. The number of nitrogens with two attached hydrogens (primary N) is 1. The van der Waals surface area contributed by atoms with Crippen LogP contribution in [-0.4, -0.2) is 16.1 Å². The van der Waals surface area contributed by atoms with Gasteiger partial charge in [0, 0.05) is 12.2 Å². The summed E-state index contributed by atoms with van der Waals surface area (Å²) in [7, 11) is 0. The fourth-order valence-electron chi connectivity index (χ4n) is 1.65. The highest BCUT2D eigenvalue weighted by Crippen LogP contribution is 2.16. The highest BCUT2D eigenvalue weighted by Gasteiger charge is 2.15. The molecule has 1 amide bonds. The van der Waals surface area contributed by atoms with Gasteiger partial charge in [-0.05, 0) is 24.6 Å². The number of anilines is 1. The molecule has 1 aromatic heterocycles. The van der Waals surface area contributed by atoms with E-state index in [4.69, 9.17) is 17.3 Å². The number of hydrogen-bond donors (Lipinski definition) is 3. The second kappa shape index (κ2) is 5.27. The van der Waals surface area contributed by atoms with Crippen LogP contribution in [-0.2, 0) is 6.54 Å². The van der Waals surface area contributed by atoms with E-state index in [0.29, 0.717) is 16.8 Å². The summed E-state index contributed by atoms with van der Waals surface area (Å²) in [6.45, 7) is 1.93. The number of carbonyl (C=O) groups excluding carboxylic acids is 1. The monoisotopic (exact) mass is 282 g/mol. The van der Waals surface area contributed by atoms with Crippen LogP contribution in [0.25, 0.3) is 0 Å². The minimum absolute atomic E-state index is 0.0192. The number of nitrogen functional groups attached to an aromatic ring is 1. The molecule has 7 heteroatoms. The Balaban J connectivity index is 2.06. The van der Waals surface area contributed by atoms with Crippen molar-refractivity contribution in [2.45, 2.75) is 13.5 Å². The Morgan fingerprint density at radius 3 is 2.89 bits per heavy atom. The number of hydrogen-bond acceptors (Lipinski definition) is 3. The van der Waals surface area contributed by atoms with Crippen molar-refractivity contribution >= 4 is 23.3 Å². The van der Waals surface area contributed by atoms with Crippen molar-refractivity contribution in [2.75, 3.05) is 5.73 Å². The second-order valence-electron chi connectivity index (χ2n) is 4.04. The van der Waals surface area contributed by atoms with Crippen molar-refractivity contribution in [3.05, 3.63) is 45.9 Å². The van der Waals surface area contributed by atoms with Gasteiger partial charge in [-0.1, -0.05) is 17.7 Å². The quantitative estimate of drug-likeness (QED) is 0.805. The van der Waals surface area contributed by atoms with Gasteiger partial charge in [0.1, 0.15) is 11.4 Å². The van der Waals surface area contributed by atoms with Gasteiger partial charge in [0.05, 0.1) is 5.02 Å². The fourth-order valence-corrected chi connectivity index (χ4v) is 1.86. The van der Waals surface area contributed by atoms with Crippen molar-refractivity contribution in [1.29, 1.82) is 0 Å². The van der Waals surface area contributed by atoms with Crippen LogP contribution in [0.4, 0.5) is 10.2 Å². The number of aromatic amines is 1. The van der Waals surface area contributed by atoms with Gasteiger partial charge in [-0.2, -0.15) is 5.10 Å². The minimum Gasteiger partial charge on any atom is -0.382 e. The molecule has 0 saturated heterocycles. The Hall–Kier alpha value is -2.08. The van der Waals surface area contributed by atoms with Crippen LogP contribution in [0.15, 0.2) is 18.2 Å². The number of carbonyl (C=O) groups is 1. The number of aromatic nitrogens is 2. The lowest BCUT2D eigenvalue weighted by atomic mass is 10.2. The molecule has 0 aliphatic carbocycles. The third-order valence-corrected chi connectivity index (χ3v) is 2.93. The van der Waals surface area contributed by atoms with Gasteiger partial charge >= 0.3 is 0 Å². The number of H-pyrrole nitrogens is 1. The van der Waals surface area contributed by atoms with Crippen molar-refractivity contribution in [1.82, 2.24) is 15.5 Å². The number of rotatable bonds is 3. The normalized spacial score (nSPS) is 10.5. The van der Waals surface area contributed by atoms with Crippen molar-refractivity contribution < 1.29 is 9.18 Å². The minimum atomic E-state index is -0.494. The van der Waals surface area contributed by atoms with E-state index in [-0.39, 0.29) is 23.3 Å². The molecule has 0 spiro atoms. The number of amides is 1. The smallest absolute Gasteiger partial charge is 0.257 e. The zero-order valence-corrected chi connectivity index (χ0v) is 10.9. The topological polar surface area (TPSA) is 83.8 Å². The number of halogens is 2. The van der Waals surface area contributed by atoms with E-state index in [0.717, 1.165) is 0 Å². The summed E-state index contributed by atoms with van der Waals surface area (Å²) in [6, 6.07) is 4.26. The van der Waals surface area contributed by atoms with Crippen LogP contribution in [0.5, 0.6) is 0 Å². The van der Waals surface area contributed by atoms with Crippen molar-refractivity contribution in [3.63, 3.8) is 0 Å². The Bertz CT molecular complexity index is 607. The van der Waals surface area contributed by atoms with Gasteiger partial charge in [0.15, 0.2) is 5.82 Å². The molecule has 0 saturated carbocycles. The Kier molecular flexibility index (Phi) is 3.71. The van der Waals surface area contributed by atoms with Crippen molar-refractivity contribution in [3.8, 4) is 0 Å². The molecular weight excluding hydrogens is 271 g/mol. The lowest BCUT2D eigenvalue weighted by molar-refractivity contribution is 0.0951. The van der Waals surface area contributed by atoms with Crippen LogP contribution >= 0.6 is 11.6 Å². The molecule has 0 fully saturated rings. The number of benzene rings is 1. The van der Waals surface area contributed by atoms with Crippen LogP contribution in [0, 0.1) is 12.7 Å². The van der Waals surface area contributed by atoms with E-state index < -0.39 is 5.82 Å². The van der Waals surface area contributed by atoms with E-state index in [1.165, 1.54) is 12.1 Å². The van der Waals surface area contributed by atoms with Gasteiger partial charge in [-0.25, -0.2) is 4.39 Å². The molecule has 0 atom stereocenters. The summed E-state index contributed by atoms with van der Waals surface area (Å²) in [5, 5.41) is 9.05. The standard InChI is InChI=1S/C12H12ClFN4O/c1-6-10(11(15)18-17-6)12(19)16-5-7-2-3-9(14)8(13)4-7/h2-4H,5H2,1H3,(H,16,19)(H3,15,17,18). The zero-order chi connectivity index (χ0) is 14.0. The van der Waals surface area contributed by atoms with Gasteiger partial charge < -0.3 is 11.1 Å². The summed E-state index contributed by atoms with van der Waals surface area (Å²) < 4.78 is 13.0. The number of nitrogens with one attached hydrogen (secondary N) is 2. The SMILES string of the molecule is Cc1[nH]nc(N)c1C(=O)NCc1ccc(F)c(Cl)c1. The largest absolute Gasteiger partial charge is 0.382 e. The van der Waals surface area contributed by atoms with E-state index in [9.17, 15) is 9.18 Å². The second-order valence-corrected chi connectivity index (χ2v) is 4.45. The molecule has 4 N–H and O–H groups in total. The fraction of sp³-hybridized carbons (Fsp3) is 0.167. The zero-order valence-electron chi connectivity index (χ0n) is 10.1. The average Bonchev–Trinajstić information content (AvgIpc) is 2.70. The molecule has 0 unspecified atom stereocenters. The van der Waals surface area contributed by atoms with Crippen LogP contribution in [0.2, 0.25) is 5.02 Å². The molecule has 0 aliphatic heterocycles. The first-order valence-electron chi connectivity index (χ1n) is 5.51. The van der Waals surface area contributed by atoms with Gasteiger partial charge in [-0.3, -0.25) is 9.89 Å². The Morgan fingerprint density at radius 2 is 2.32 bits per heavy atom. The number of aryl methyl sites for hydroxylation is 1. The molecule has 100 valence electrons. The summed E-state index contributed by atoms with van der Waals surface area (Å²) >= 11 is 5.66. The van der Waals surface area contributed by atoms with Gasteiger partial charge in [-0.15, -0.1) is 0 Å². The van der Waals surface area contributed by atoms with E-state index in [2.05, 4.69) is 15.5 Å². The van der Waals surface area contributed by atoms with Crippen LogP contribution < -0.4 is 11.1 Å². The number of nitrogens with zero attached hydrogens (tertiary/aromatic N) is 1. The average molecular weight is 283 g/mol. The molecule has 0 radical (unpaired) electrons. The molecular formula is C12H12ClFN4O. The van der Waals surface area contributed by atoms with E-state index in [1.54, 1.807) is 13.0 Å². The predicted octanol–water partition coefficient (Wildman–Crippen LogP) is 2.02. The molecule has 19 heavy (non-hydrogen) atoms. The summed E-state index contributed by atoms with van der Waals surface area (Å²) in [5.74, 6) is -0.692. The molecule has 2 aromatic rings. The lowest BCUT2D eigenvalue weighted by Gasteiger charge is -2.06. The molecule has 1 aromatic carbocycles. The molecule has 5 nitrogen and oxygen atoms in total. The predicted molar refractivity (Wildman–Crippen MR) is 70.3 cm³/mol. The highest BCUT2D eigenvalue weighted by molar-refractivity contribution is 6.30. The Morgan fingerprint density at radius 1 is 1.58 bits per heavy atom. The first-order valence-corrected chi connectivity index (χ1v) is 5.89.